The summed E-state index contributed by atoms with van der Waals surface area (Å²) in [7, 11) is 0. The van der Waals surface area contributed by atoms with Crippen molar-refractivity contribution in [2.24, 2.45) is 34.4 Å². The van der Waals surface area contributed by atoms with Gasteiger partial charge in [0.2, 0.25) is 0 Å². The normalized spacial score (nSPS) is 51.6. The molecule has 18 atom stereocenters. The van der Waals surface area contributed by atoms with Gasteiger partial charge in [-0.15, -0.1) is 0 Å². The summed E-state index contributed by atoms with van der Waals surface area (Å²) in [6.07, 6.45) is -11.8. The number of rotatable bonds is 9. The summed E-state index contributed by atoms with van der Waals surface area (Å²) < 4.78 is 35.2. The van der Waals surface area contributed by atoms with E-state index in [1.165, 1.54) is 0 Å². The number of ether oxygens (including phenoxy) is 6. The highest BCUT2D eigenvalue weighted by molar-refractivity contribution is 5.06. The van der Waals surface area contributed by atoms with Crippen LogP contribution in [0.4, 0.5) is 0 Å². The van der Waals surface area contributed by atoms with Gasteiger partial charge in [-0.1, -0.05) is 12.2 Å². The maximum atomic E-state index is 11.1. The summed E-state index contributed by atoms with van der Waals surface area (Å²) in [5.74, 6) is 0. The van der Waals surface area contributed by atoms with E-state index in [1.807, 2.05) is 0 Å². The van der Waals surface area contributed by atoms with Crippen molar-refractivity contribution >= 4 is 0 Å². The Balaban J connectivity index is 1.49. The van der Waals surface area contributed by atoms with Crippen molar-refractivity contribution in [2.75, 3.05) is 13.2 Å². The molecular formula is C24H46N6O11. The standard InChI is InChI=1S/C24H46N6O11/c1-7(26)11-3-2-8(27)22(36-11)39-19-10(29)4-9(28)15(32)21(19)41-24-18(35)20(13(6-31)38-24)40-23-14(30)17(34)16(33)12(5-25)37-23/h2-3,7-24,31-35H,4-6,25-30H2,1H3/t7-,8+,9+,10-,11-,12-,13+,14+,15-,16+,17+,18+,19+,20+,21+,22+,23+,24-/m0/s1. The van der Waals surface area contributed by atoms with Gasteiger partial charge in [-0.3, -0.25) is 0 Å². The Morgan fingerprint density at radius 1 is 0.756 bits per heavy atom. The molecule has 238 valence electrons. The van der Waals surface area contributed by atoms with Crippen molar-refractivity contribution < 1.29 is 54.0 Å². The molecule has 0 radical (unpaired) electrons. The molecule has 17 heteroatoms. The molecule has 1 saturated carbocycles. The molecule has 3 heterocycles. The van der Waals surface area contributed by atoms with Crippen LogP contribution in [0.1, 0.15) is 13.3 Å². The lowest BCUT2D eigenvalue weighted by Gasteiger charge is -2.45. The van der Waals surface area contributed by atoms with Gasteiger partial charge in [0.1, 0.15) is 48.8 Å². The Morgan fingerprint density at radius 2 is 1.39 bits per heavy atom. The van der Waals surface area contributed by atoms with E-state index >= 15 is 0 Å². The molecule has 1 aliphatic carbocycles. The third-order valence-electron chi connectivity index (χ3n) is 8.04. The number of hydrogen-bond donors (Lipinski definition) is 11. The maximum absolute atomic E-state index is 11.1. The molecule has 0 bridgehead atoms. The summed E-state index contributed by atoms with van der Waals surface area (Å²) in [5.41, 5.74) is 36.2. The molecule has 0 amide bonds. The van der Waals surface area contributed by atoms with Crippen LogP contribution in [0, 0.1) is 0 Å². The maximum Gasteiger partial charge on any atom is 0.187 e. The lowest BCUT2D eigenvalue weighted by atomic mass is 9.84. The van der Waals surface area contributed by atoms with Gasteiger partial charge in [-0.25, -0.2) is 0 Å². The zero-order valence-electron chi connectivity index (χ0n) is 22.8. The van der Waals surface area contributed by atoms with Crippen LogP contribution in [0.3, 0.4) is 0 Å². The average Bonchev–Trinajstić information content (AvgIpc) is 3.23. The van der Waals surface area contributed by atoms with Crippen molar-refractivity contribution in [2.45, 2.75) is 123 Å². The predicted octanol–water partition coefficient (Wildman–Crippen LogP) is -6.67. The van der Waals surface area contributed by atoms with Gasteiger partial charge in [0, 0.05) is 24.7 Å². The van der Waals surface area contributed by atoms with Gasteiger partial charge in [0.15, 0.2) is 18.9 Å². The highest BCUT2D eigenvalue weighted by atomic mass is 16.8. The monoisotopic (exact) mass is 594 g/mol. The average molecular weight is 595 g/mol. The van der Waals surface area contributed by atoms with E-state index in [0.29, 0.717) is 0 Å². The lowest BCUT2D eigenvalue weighted by molar-refractivity contribution is -0.284. The summed E-state index contributed by atoms with van der Waals surface area (Å²) >= 11 is 0. The van der Waals surface area contributed by atoms with E-state index < -0.39 is 111 Å². The minimum Gasteiger partial charge on any atom is -0.394 e. The first-order chi connectivity index (χ1) is 19.4. The minimum atomic E-state index is -1.54. The molecule has 0 aromatic heterocycles. The second-order valence-electron chi connectivity index (χ2n) is 11.2. The van der Waals surface area contributed by atoms with Crippen molar-refractivity contribution in [1.82, 2.24) is 0 Å². The SMILES string of the molecule is C[C@H](N)[C@@H]1C=C[C@@H](N)[C@@H](O[C@H]2[C@H](O[C@@H]3O[C@H](CO)[C@@H](O[C@H]4O[C@@H](CN)[C@@H](O)[C@H](O)[C@H]4N)[C@H]3O)[C@@H](O)[C@H](N)C[C@@H]2N)O1. The summed E-state index contributed by atoms with van der Waals surface area (Å²) in [5, 5.41) is 52.5. The van der Waals surface area contributed by atoms with Crippen molar-refractivity contribution in [3.8, 4) is 0 Å². The molecule has 2 saturated heterocycles. The lowest BCUT2D eigenvalue weighted by Crippen LogP contribution is -2.65. The van der Waals surface area contributed by atoms with Crippen LogP contribution >= 0.6 is 0 Å². The van der Waals surface area contributed by atoms with Crippen molar-refractivity contribution in [1.29, 1.82) is 0 Å². The summed E-state index contributed by atoms with van der Waals surface area (Å²) in [6.45, 7) is 1.03. The van der Waals surface area contributed by atoms with Crippen LogP contribution in [0.25, 0.3) is 0 Å². The molecule has 0 aromatic carbocycles. The Hall–Kier alpha value is -0.940. The van der Waals surface area contributed by atoms with Crippen LogP contribution in [-0.2, 0) is 28.4 Å². The summed E-state index contributed by atoms with van der Waals surface area (Å²) in [6, 6.07) is -3.73. The highest BCUT2D eigenvalue weighted by Gasteiger charge is 2.53. The zero-order chi connectivity index (χ0) is 30.2. The fraction of sp³-hybridized carbons (Fsp3) is 0.917. The second kappa shape index (κ2) is 13.8. The summed E-state index contributed by atoms with van der Waals surface area (Å²) in [4.78, 5) is 0. The minimum absolute atomic E-state index is 0.139. The van der Waals surface area contributed by atoms with E-state index in [4.69, 9.17) is 62.8 Å². The van der Waals surface area contributed by atoms with E-state index in [9.17, 15) is 25.5 Å². The smallest absolute Gasteiger partial charge is 0.187 e. The van der Waals surface area contributed by atoms with E-state index in [2.05, 4.69) is 0 Å². The van der Waals surface area contributed by atoms with Crippen LogP contribution in [0.2, 0.25) is 0 Å². The van der Waals surface area contributed by atoms with Gasteiger partial charge < -0.3 is 88.4 Å². The quantitative estimate of drug-likeness (QED) is 0.110. The highest BCUT2D eigenvalue weighted by Crippen LogP contribution is 2.33. The van der Waals surface area contributed by atoms with E-state index in [1.54, 1.807) is 19.1 Å². The number of nitrogens with two attached hydrogens (primary N) is 6. The molecule has 0 spiro atoms. The molecule has 4 rings (SSSR count). The molecular weight excluding hydrogens is 548 g/mol. The zero-order valence-corrected chi connectivity index (χ0v) is 22.8. The second-order valence-corrected chi connectivity index (χ2v) is 11.2. The molecule has 17 N–H and O–H groups in total. The molecule has 4 aliphatic rings. The van der Waals surface area contributed by atoms with Crippen LogP contribution in [-0.4, -0.2) is 149 Å². The molecule has 0 unspecified atom stereocenters. The largest absolute Gasteiger partial charge is 0.394 e. The number of hydrogen-bond acceptors (Lipinski definition) is 17. The van der Waals surface area contributed by atoms with Gasteiger partial charge in [-0.2, -0.15) is 0 Å². The van der Waals surface area contributed by atoms with E-state index in [0.717, 1.165) is 0 Å². The molecule has 41 heavy (non-hydrogen) atoms. The Morgan fingerprint density at radius 3 is 2.02 bits per heavy atom. The Labute approximate surface area is 237 Å². The van der Waals surface area contributed by atoms with Gasteiger partial charge in [0.05, 0.1) is 30.9 Å². The molecule has 3 aliphatic heterocycles. The van der Waals surface area contributed by atoms with Crippen LogP contribution < -0.4 is 34.4 Å². The van der Waals surface area contributed by atoms with Crippen molar-refractivity contribution in [3.63, 3.8) is 0 Å². The Bertz CT molecular complexity index is 876. The number of aliphatic hydroxyl groups is 5. The van der Waals surface area contributed by atoms with Gasteiger partial charge in [-0.05, 0) is 13.3 Å². The van der Waals surface area contributed by atoms with Gasteiger partial charge >= 0.3 is 0 Å². The molecule has 3 fully saturated rings. The molecule has 17 nitrogen and oxygen atoms in total. The van der Waals surface area contributed by atoms with Crippen LogP contribution in [0.5, 0.6) is 0 Å². The number of aliphatic hydroxyl groups excluding tert-OH is 5. The molecule has 0 aromatic rings. The Kier molecular flexibility index (Phi) is 11.1. The third kappa shape index (κ3) is 6.92. The van der Waals surface area contributed by atoms with Crippen molar-refractivity contribution in [3.05, 3.63) is 12.2 Å². The van der Waals surface area contributed by atoms with E-state index in [-0.39, 0.29) is 19.0 Å². The predicted molar refractivity (Wildman–Crippen MR) is 140 cm³/mol. The fourth-order valence-electron chi connectivity index (χ4n) is 5.51. The first-order valence-corrected chi connectivity index (χ1v) is 13.8. The fourth-order valence-corrected chi connectivity index (χ4v) is 5.51. The first kappa shape index (κ1) is 33.0. The topological polar surface area (TPSA) is 313 Å². The van der Waals surface area contributed by atoms with Gasteiger partial charge in [0.25, 0.3) is 0 Å². The van der Waals surface area contributed by atoms with Crippen LogP contribution in [0.15, 0.2) is 12.2 Å². The first-order valence-electron chi connectivity index (χ1n) is 13.8. The third-order valence-corrected chi connectivity index (χ3v) is 8.04.